The molecule has 5 heteroatoms. The Morgan fingerprint density at radius 1 is 1.25 bits per heavy atom. The van der Waals surface area contributed by atoms with Crippen molar-refractivity contribution in [3.63, 3.8) is 0 Å². The van der Waals surface area contributed by atoms with Crippen molar-refractivity contribution in [2.24, 2.45) is 0 Å². The molecule has 1 aliphatic heterocycles. The van der Waals surface area contributed by atoms with E-state index in [1.165, 1.54) is 24.8 Å². The standard InChI is InChI=1S/C19H30N2O2S/c1-3-24-14-11-19(22)20-15-18(21-12-5-4-6-13-21)16-7-9-17(23-2)10-8-16/h7-10,18H,3-6,11-15H2,1-2H3,(H,20,22). The van der Waals surface area contributed by atoms with Crippen molar-refractivity contribution in [3.05, 3.63) is 29.8 Å². The van der Waals surface area contributed by atoms with E-state index >= 15 is 0 Å². The lowest BCUT2D eigenvalue weighted by Gasteiger charge is -2.35. The van der Waals surface area contributed by atoms with Gasteiger partial charge in [0.2, 0.25) is 5.91 Å². The van der Waals surface area contributed by atoms with Gasteiger partial charge in [-0.15, -0.1) is 0 Å². The predicted molar refractivity (Wildman–Crippen MR) is 102 cm³/mol. The van der Waals surface area contributed by atoms with Crippen molar-refractivity contribution >= 4 is 17.7 Å². The SMILES string of the molecule is CCSCCC(=O)NCC(c1ccc(OC)cc1)N1CCCCC1. The minimum absolute atomic E-state index is 0.159. The molecule has 134 valence electrons. The number of piperidine rings is 1. The molecular weight excluding hydrogens is 320 g/mol. The summed E-state index contributed by atoms with van der Waals surface area (Å²) in [7, 11) is 1.69. The summed E-state index contributed by atoms with van der Waals surface area (Å²) in [6.07, 6.45) is 4.40. The van der Waals surface area contributed by atoms with E-state index in [2.05, 4.69) is 29.3 Å². The largest absolute Gasteiger partial charge is 0.497 e. The van der Waals surface area contributed by atoms with Gasteiger partial charge in [-0.2, -0.15) is 11.8 Å². The number of hydrogen-bond acceptors (Lipinski definition) is 4. The van der Waals surface area contributed by atoms with Crippen LogP contribution < -0.4 is 10.1 Å². The van der Waals surface area contributed by atoms with E-state index in [1.807, 2.05) is 23.9 Å². The number of nitrogens with zero attached hydrogens (tertiary/aromatic N) is 1. The Morgan fingerprint density at radius 2 is 1.96 bits per heavy atom. The molecule has 1 saturated heterocycles. The third-order valence-corrected chi connectivity index (χ3v) is 5.40. The molecule has 0 bridgehead atoms. The van der Waals surface area contributed by atoms with Crippen molar-refractivity contribution in [2.75, 3.05) is 38.2 Å². The second kappa shape index (κ2) is 10.6. The van der Waals surface area contributed by atoms with Gasteiger partial charge in [0, 0.05) is 18.7 Å². The van der Waals surface area contributed by atoms with E-state index in [0.29, 0.717) is 13.0 Å². The topological polar surface area (TPSA) is 41.6 Å². The summed E-state index contributed by atoms with van der Waals surface area (Å²) in [5.41, 5.74) is 1.25. The average molecular weight is 351 g/mol. The van der Waals surface area contributed by atoms with E-state index in [4.69, 9.17) is 4.74 Å². The monoisotopic (exact) mass is 350 g/mol. The van der Waals surface area contributed by atoms with Gasteiger partial charge in [-0.05, 0) is 49.4 Å². The van der Waals surface area contributed by atoms with Crippen LogP contribution in [-0.2, 0) is 4.79 Å². The van der Waals surface area contributed by atoms with Crippen molar-refractivity contribution in [1.82, 2.24) is 10.2 Å². The van der Waals surface area contributed by atoms with Crippen LogP contribution in [0.1, 0.15) is 44.2 Å². The van der Waals surface area contributed by atoms with Crippen LogP contribution in [0.5, 0.6) is 5.75 Å². The van der Waals surface area contributed by atoms with Gasteiger partial charge >= 0.3 is 0 Å². The Kier molecular flexibility index (Phi) is 8.47. The molecule has 1 atom stereocenters. The zero-order valence-corrected chi connectivity index (χ0v) is 15.7. The molecule has 0 aromatic heterocycles. The highest BCUT2D eigenvalue weighted by Crippen LogP contribution is 2.25. The number of carbonyl (C=O) groups excluding carboxylic acids is 1. The third kappa shape index (κ3) is 6.02. The van der Waals surface area contributed by atoms with Crippen molar-refractivity contribution in [2.45, 2.75) is 38.6 Å². The molecule has 1 N–H and O–H groups in total. The fourth-order valence-corrected chi connectivity index (χ4v) is 3.74. The van der Waals surface area contributed by atoms with Gasteiger partial charge in [-0.25, -0.2) is 0 Å². The van der Waals surface area contributed by atoms with E-state index in [0.717, 1.165) is 30.3 Å². The zero-order valence-electron chi connectivity index (χ0n) is 14.9. The van der Waals surface area contributed by atoms with Crippen LogP contribution in [0.15, 0.2) is 24.3 Å². The number of thioether (sulfide) groups is 1. The van der Waals surface area contributed by atoms with Gasteiger partial charge in [-0.1, -0.05) is 25.5 Å². The zero-order chi connectivity index (χ0) is 17.2. The number of ether oxygens (including phenoxy) is 1. The minimum Gasteiger partial charge on any atom is -0.497 e. The number of amides is 1. The van der Waals surface area contributed by atoms with Crippen molar-refractivity contribution in [1.29, 1.82) is 0 Å². The minimum atomic E-state index is 0.159. The highest BCUT2D eigenvalue weighted by molar-refractivity contribution is 7.99. The van der Waals surface area contributed by atoms with Gasteiger partial charge in [0.25, 0.3) is 0 Å². The van der Waals surface area contributed by atoms with Crippen LogP contribution in [-0.4, -0.2) is 49.1 Å². The van der Waals surface area contributed by atoms with Crippen LogP contribution in [0.25, 0.3) is 0 Å². The van der Waals surface area contributed by atoms with Crippen LogP contribution in [0, 0.1) is 0 Å². The van der Waals surface area contributed by atoms with Crippen molar-refractivity contribution < 1.29 is 9.53 Å². The fraction of sp³-hybridized carbons (Fsp3) is 0.632. The van der Waals surface area contributed by atoms with Gasteiger partial charge < -0.3 is 10.1 Å². The number of methoxy groups -OCH3 is 1. The smallest absolute Gasteiger partial charge is 0.220 e. The van der Waals surface area contributed by atoms with Gasteiger partial charge in [0.1, 0.15) is 5.75 Å². The highest BCUT2D eigenvalue weighted by Gasteiger charge is 2.22. The summed E-state index contributed by atoms with van der Waals surface area (Å²) in [5, 5.41) is 3.14. The maximum atomic E-state index is 12.1. The summed E-state index contributed by atoms with van der Waals surface area (Å²) < 4.78 is 5.26. The molecule has 2 rings (SSSR count). The number of hydrogen-bond donors (Lipinski definition) is 1. The van der Waals surface area contributed by atoms with Crippen LogP contribution in [0.2, 0.25) is 0 Å². The molecule has 1 fully saturated rings. The number of likely N-dealkylation sites (tertiary alicyclic amines) is 1. The molecule has 4 nitrogen and oxygen atoms in total. The highest BCUT2D eigenvalue weighted by atomic mass is 32.2. The summed E-state index contributed by atoms with van der Waals surface area (Å²) in [4.78, 5) is 14.6. The number of rotatable bonds is 9. The van der Waals surface area contributed by atoms with Crippen LogP contribution >= 0.6 is 11.8 Å². The van der Waals surface area contributed by atoms with Crippen LogP contribution in [0.4, 0.5) is 0 Å². The van der Waals surface area contributed by atoms with Gasteiger partial charge in [0.15, 0.2) is 0 Å². The van der Waals surface area contributed by atoms with E-state index in [9.17, 15) is 4.79 Å². The molecule has 0 radical (unpaired) electrons. The lowest BCUT2D eigenvalue weighted by atomic mass is 10.0. The molecule has 1 aromatic carbocycles. The van der Waals surface area contributed by atoms with E-state index in [-0.39, 0.29) is 11.9 Å². The molecule has 1 unspecified atom stereocenters. The summed E-state index contributed by atoms with van der Waals surface area (Å²) in [6.45, 7) is 5.02. The number of nitrogens with one attached hydrogen (secondary N) is 1. The average Bonchev–Trinajstić information content (AvgIpc) is 2.63. The Morgan fingerprint density at radius 3 is 2.58 bits per heavy atom. The lowest BCUT2D eigenvalue weighted by Crippen LogP contribution is -2.40. The first-order valence-corrected chi connectivity index (χ1v) is 10.1. The summed E-state index contributed by atoms with van der Waals surface area (Å²) in [5.74, 6) is 3.00. The molecular formula is C19H30N2O2S. The van der Waals surface area contributed by atoms with Crippen molar-refractivity contribution in [3.8, 4) is 5.75 Å². The molecule has 1 aromatic rings. The second-order valence-electron chi connectivity index (χ2n) is 6.14. The second-order valence-corrected chi connectivity index (χ2v) is 7.53. The number of benzene rings is 1. The maximum Gasteiger partial charge on any atom is 0.220 e. The Balaban J connectivity index is 1.98. The Hall–Kier alpha value is -1.20. The Bertz CT molecular complexity index is 487. The Labute approximate surface area is 150 Å². The third-order valence-electron chi connectivity index (χ3n) is 4.50. The van der Waals surface area contributed by atoms with Gasteiger partial charge in [0.05, 0.1) is 13.2 Å². The molecule has 0 spiro atoms. The molecule has 1 heterocycles. The molecule has 1 aliphatic rings. The van der Waals surface area contributed by atoms with E-state index < -0.39 is 0 Å². The quantitative estimate of drug-likeness (QED) is 0.692. The molecule has 24 heavy (non-hydrogen) atoms. The normalized spacial score (nSPS) is 16.6. The molecule has 1 amide bonds. The summed E-state index contributed by atoms with van der Waals surface area (Å²) >= 11 is 1.81. The summed E-state index contributed by atoms with van der Waals surface area (Å²) in [6, 6.07) is 8.51. The van der Waals surface area contributed by atoms with Crippen LogP contribution in [0.3, 0.4) is 0 Å². The predicted octanol–water partition coefficient (Wildman–Crippen LogP) is 3.48. The molecule has 0 aliphatic carbocycles. The lowest BCUT2D eigenvalue weighted by molar-refractivity contribution is -0.120. The fourth-order valence-electron chi connectivity index (χ4n) is 3.12. The number of carbonyl (C=O) groups is 1. The first kappa shape index (κ1) is 19.1. The first-order chi connectivity index (χ1) is 11.7. The van der Waals surface area contributed by atoms with E-state index in [1.54, 1.807) is 7.11 Å². The van der Waals surface area contributed by atoms with Gasteiger partial charge in [-0.3, -0.25) is 9.69 Å². The maximum absolute atomic E-state index is 12.1. The molecule has 0 saturated carbocycles. The first-order valence-electron chi connectivity index (χ1n) is 8.97.